The first-order valence-electron chi connectivity index (χ1n) is 4.90. The zero-order valence-corrected chi connectivity index (χ0v) is 10.1. The highest BCUT2D eigenvalue weighted by molar-refractivity contribution is 7.84. The Morgan fingerprint density at radius 1 is 1.56 bits per heavy atom. The van der Waals surface area contributed by atoms with Crippen molar-refractivity contribution in [3.8, 4) is 6.07 Å². The standard InChI is InChI=1S/C10H14N4OS/c1-8(3-4-16(2)15)14-10-7-12-9(5-11)6-13-10/h6-8H,3-4H2,1-2H3,(H,13,14). The van der Waals surface area contributed by atoms with Gasteiger partial charge in [0.1, 0.15) is 11.9 Å². The Balaban J connectivity index is 2.47. The maximum atomic E-state index is 10.9. The van der Waals surface area contributed by atoms with E-state index in [9.17, 15) is 4.21 Å². The van der Waals surface area contributed by atoms with Crippen molar-refractivity contribution in [3.05, 3.63) is 18.1 Å². The van der Waals surface area contributed by atoms with Crippen molar-refractivity contribution in [1.82, 2.24) is 9.97 Å². The van der Waals surface area contributed by atoms with E-state index in [2.05, 4.69) is 15.3 Å². The summed E-state index contributed by atoms with van der Waals surface area (Å²) in [5, 5.41) is 11.7. The van der Waals surface area contributed by atoms with E-state index in [0.29, 0.717) is 17.3 Å². The first-order chi connectivity index (χ1) is 7.61. The van der Waals surface area contributed by atoms with Crippen LogP contribution in [0.5, 0.6) is 0 Å². The van der Waals surface area contributed by atoms with Crippen molar-refractivity contribution in [1.29, 1.82) is 5.26 Å². The van der Waals surface area contributed by atoms with Crippen LogP contribution in [0.25, 0.3) is 0 Å². The van der Waals surface area contributed by atoms with Gasteiger partial charge in [-0.2, -0.15) is 5.26 Å². The average Bonchev–Trinajstić information content (AvgIpc) is 2.27. The lowest BCUT2D eigenvalue weighted by Gasteiger charge is -2.12. The van der Waals surface area contributed by atoms with Crippen LogP contribution in [-0.4, -0.2) is 32.2 Å². The number of nitriles is 1. The van der Waals surface area contributed by atoms with Crippen LogP contribution in [0.2, 0.25) is 0 Å². The first kappa shape index (κ1) is 12.6. The minimum Gasteiger partial charge on any atom is -0.366 e. The second kappa shape index (κ2) is 6.18. The number of anilines is 1. The molecule has 0 aromatic carbocycles. The number of nitrogens with zero attached hydrogens (tertiary/aromatic N) is 3. The third kappa shape index (κ3) is 4.36. The Labute approximate surface area is 97.4 Å². The molecule has 0 fully saturated rings. The molecule has 0 amide bonds. The highest BCUT2D eigenvalue weighted by Crippen LogP contribution is 2.05. The smallest absolute Gasteiger partial charge is 0.158 e. The molecule has 0 radical (unpaired) electrons. The number of hydrogen-bond donors (Lipinski definition) is 1. The molecule has 16 heavy (non-hydrogen) atoms. The molecule has 1 aromatic heterocycles. The monoisotopic (exact) mass is 238 g/mol. The van der Waals surface area contributed by atoms with Crippen molar-refractivity contribution < 1.29 is 4.21 Å². The maximum absolute atomic E-state index is 10.9. The molecule has 0 saturated carbocycles. The fourth-order valence-electron chi connectivity index (χ4n) is 1.13. The molecule has 86 valence electrons. The van der Waals surface area contributed by atoms with E-state index in [4.69, 9.17) is 5.26 Å². The molecule has 0 saturated heterocycles. The Kier molecular flexibility index (Phi) is 4.86. The molecule has 1 rings (SSSR count). The Morgan fingerprint density at radius 3 is 2.81 bits per heavy atom. The topological polar surface area (TPSA) is 78.7 Å². The largest absolute Gasteiger partial charge is 0.366 e. The van der Waals surface area contributed by atoms with Gasteiger partial charge in [-0.25, -0.2) is 9.97 Å². The van der Waals surface area contributed by atoms with Crippen molar-refractivity contribution in [3.63, 3.8) is 0 Å². The minimum atomic E-state index is -0.768. The van der Waals surface area contributed by atoms with Crippen LogP contribution in [-0.2, 0) is 10.8 Å². The van der Waals surface area contributed by atoms with E-state index in [1.165, 1.54) is 12.4 Å². The highest BCUT2D eigenvalue weighted by atomic mass is 32.2. The second-order valence-corrected chi connectivity index (χ2v) is 5.06. The summed E-state index contributed by atoms with van der Waals surface area (Å²) in [6.07, 6.45) is 5.45. The summed E-state index contributed by atoms with van der Waals surface area (Å²) < 4.78 is 10.9. The normalized spacial score (nSPS) is 13.8. The number of rotatable bonds is 5. The summed E-state index contributed by atoms with van der Waals surface area (Å²) in [6, 6.07) is 2.09. The molecule has 0 aliphatic carbocycles. The predicted octanol–water partition coefficient (Wildman–Crippen LogP) is 0.917. The van der Waals surface area contributed by atoms with Crippen LogP contribution in [0.1, 0.15) is 19.0 Å². The molecule has 2 unspecified atom stereocenters. The Bertz CT molecular complexity index is 398. The lowest BCUT2D eigenvalue weighted by atomic mass is 10.2. The number of aromatic nitrogens is 2. The Morgan fingerprint density at radius 2 is 2.31 bits per heavy atom. The van der Waals surface area contributed by atoms with Gasteiger partial charge in [-0.05, 0) is 13.3 Å². The van der Waals surface area contributed by atoms with E-state index in [1.54, 1.807) is 6.26 Å². The third-order valence-electron chi connectivity index (χ3n) is 2.00. The van der Waals surface area contributed by atoms with Crippen LogP contribution in [0, 0.1) is 11.3 Å². The lowest BCUT2D eigenvalue weighted by molar-refractivity contribution is 0.678. The summed E-state index contributed by atoms with van der Waals surface area (Å²) in [7, 11) is -0.768. The fraction of sp³-hybridized carbons (Fsp3) is 0.500. The summed E-state index contributed by atoms with van der Waals surface area (Å²) in [5.41, 5.74) is 0.299. The highest BCUT2D eigenvalue weighted by Gasteiger charge is 2.04. The Hall–Kier alpha value is -1.48. The number of nitrogens with one attached hydrogen (secondary N) is 1. The van der Waals surface area contributed by atoms with Crippen LogP contribution in [0.15, 0.2) is 12.4 Å². The summed E-state index contributed by atoms with van der Waals surface area (Å²) >= 11 is 0. The molecule has 0 aliphatic rings. The molecule has 0 aliphatic heterocycles. The summed E-state index contributed by atoms with van der Waals surface area (Å²) in [4.78, 5) is 7.94. The zero-order valence-electron chi connectivity index (χ0n) is 9.30. The van der Waals surface area contributed by atoms with Crippen molar-refractivity contribution in [2.45, 2.75) is 19.4 Å². The van der Waals surface area contributed by atoms with Gasteiger partial charge in [-0.15, -0.1) is 0 Å². The molecular weight excluding hydrogens is 224 g/mol. The van der Waals surface area contributed by atoms with Crippen LogP contribution < -0.4 is 5.32 Å². The van der Waals surface area contributed by atoms with Crippen molar-refractivity contribution >= 4 is 16.6 Å². The molecule has 1 N–H and O–H groups in total. The molecule has 6 heteroatoms. The quantitative estimate of drug-likeness (QED) is 0.825. The third-order valence-corrected chi connectivity index (χ3v) is 2.81. The van der Waals surface area contributed by atoms with Gasteiger partial charge in [0, 0.05) is 28.9 Å². The van der Waals surface area contributed by atoms with E-state index in [0.717, 1.165) is 6.42 Å². The van der Waals surface area contributed by atoms with Gasteiger partial charge in [0.05, 0.1) is 12.4 Å². The van der Waals surface area contributed by atoms with Crippen LogP contribution in [0.4, 0.5) is 5.82 Å². The molecular formula is C10H14N4OS. The van der Waals surface area contributed by atoms with E-state index in [1.807, 2.05) is 13.0 Å². The lowest BCUT2D eigenvalue weighted by Crippen LogP contribution is -2.18. The van der Waals surface area contributed by atoms with Gasteiger partial charge in [-0.3, -0.25) is 4.21 Å². The fourth-order valence-corrected chi connectivity index (χ4v) is 1.81. The average molecular weight is 238 g/mol. The first-order valence-corrected chi connectivity index (χ1v) is 6.63. The van der Waals surface area contributed by atoms with E-state index >= 15 is 0 Å². The van der Waals surface area contributed by atoms with Crippen LogP contribution >= 0.6 is 0 Å². The zero-order chi connectivity index (χ0) is 12.0. The van der Waals surface area contributed by atoms with Crippen molar-refractivity contribution in [2.24, 2.45) is 0 Å². The van der Waals surface area contributed by atoms with E-state index < -0.39 is 10.8 Å². The van der Waals surface area contributed by atoms with Gasteiger partial charge in [-0.1, -0.05) is 0 Å². The summed E-state index contributed by atoms with van der Waals surface area (Å²) in [6.45, 7) is 1.99. The second-order valence-electron chi connectivity index (χ2n) is 3.51. The summed E-state index contributed by atoms with van der Waals surface area (Å²) in [5.74, 6) is 1.30. The van der Waals surface area contributed by atoms with Crippen LogP contribution in [0.3, 0.4) is 0 Å². The molecule has 2 atom stereocenters. The van der Waals surface area contributed by atoms with Gasteiger partial charge >= 0.3 is 0 Å². The molecule has 1 heterocycles. The minimum absolute atomic E-state index is 0.186. The van der Waals surface area contributed by atoms with Gasteiger partial charge in [0.15, 0.2) is 5.69 Å². The maximum Gasteiger partial charge on any atom is 0.158 e. The van der Waals surface area contributed by atoms with Gasteiger partial charge < -0.3 is 5.32 Å². The number of hydrogen-bond acceptors (Lipinski definition) is 5. The molecule has 5 nitrogen and oxygen atoms in total. The van der Waals surface area contributed by atoms with Gasteiger partial charge in [0.2, 0.25) is 0 Å². The SMILES string of the molecule is CC(CCS(C)=O)Nc1cnc(C#N)cn1. The molecule has 1 aromatic rings. The van der Waals surface area contributed by atoms with Crippen molar-refractivity contribution in [2.75, 3.05) is 17.3 Å². The molecule has 0 bridgehead atoms. The van der Waals surface area contributed by atoms with Gasteiger partial charge in [0.25, 0.3) is 0 Å². The molecule has 0 spiro atoms. The van der Waals surface area contributed by atoms with E-state index in [-0.39, 0.29) is 6.04 Å². The predicted molar refractivity (Wildman–Crippen MR) is 63.4 cm³/mol.